The van der Waals surface area contributed by atoms with E-state index in [4.69, 9.17) is 15.2 Å². The number of benzene rings is 1. The maximum atomic E-state index is 11.9. The summed E-state index contributed by atoms with van der Waals surface area (Å²) in [5.74, 6) is 0.627. The molecule has 4 N–H and O–H groups in total. The van der Waals surface area contributed by atoms with Crippen LogP contribution in [0.5, 0.6) is 5.75 Å². The van der Waals surface area contributed by atoms with Crippen LogP contribution >= 0.6 is 0 Å². The SMILES string of the molecule is COc1cc(NC(=O)OC(C)(C)C)ccc1C1(N)CCC(O)CC1. The first-order chi connectivity index (χ1) is 11.1. The van der Waals surface area contributed by atoms with Gasteiger partial charge in [0.2, 0.25) is 0 Å². The Morgan fingerprint density at radius 2 is 1.96 bits per heavy atom. The van der Waals surface area contributed by atoms with Crippen LogP contribution in [-0.2, 0) is 10.3 Å². The van der Waals surface area contributed by atoms with E-state index in [1.54, 1.807) is 19.2 Å². The van der Waals surface area contributed by atoms with Gasteiger partial charge in [-0.1, -0.05) is 6.07 Å². The third kappa shape index (κ3) is 4.61. The molecule has 1 saturated carbocycles. The van der Waals surface area contributed by atoms with Crippen LogP contribution in [-0.4, -0.2) is 30.0 Å². The van der Waals surface area contributed by atoms with E-state index in [1.807, 2.05) is 26.8 Å². The molecule has 0 atom stereocenters. The van der Waals surface area contributed by atoms with Gasteiger partial charge in [-0.3, -0.25) is 5.32 Å². The molecule has 24 heavy (non-hydrogen) atoms. The minimum atomic E-state index is -0.557. The fourth-order valence-corrected chi connectivity index (χ4v) is 2.99. The van der Waals surface area contributed by atoms with E-state index in [1.165, 1.54) is 0 Å². The van der Waals surface area contributed by atoms with Crippen LogP contribution in [0.3, 0.4) is 0 Å². The Morgan fingerprint density at radius 3 is 2.50 bits per heavy atom. The van der Waals surface area contributed by atoms with Crippen molar-refractivity contribution in [1.29, 1.82) is 0 Å². The van der Waals surface area contributed by atoms with Crippen molar-refractivity contribution in [1.82, 2.24) is 0 Å². The number of amides is 1. The first-order valence-corrected chi connectivity index (χ1v) is 8.28. The lowest BCUT2D eigenvalue weighted by Crippen LogP contribution is -2.41. The number of hydrogen-bond acceptors (Lipinski definition) is 5. The summed E-state index contributed by atoms with van der Waals surface area (Å²) in [6.45, 7) is 5.43. The van der Waals surface area contributed by atoms with E-state index in [-0.39, 0.29) is 6.10 Å². The smallest absolute Gasteiger partial charge is 0.412 e. The minimum Gasteiger partial charge on any atom is -0.496 e. The predicted molar refractivity (Wildman–Crippen MR) is 93.2 cm³/mol. The van der Waals surface area contributed by atoms with Crippen LogP contribution in [0.15, 0.2) is 18.2 Å². The number of hydrogen-bond donors (Lipinski definition) is 3. The number of carbonyl (C=O) groups excluding carboxylic acids is 1. The number of carbonyl (C=O) groups is 1. The highest BCUT2D eigenvalue weighted by atomic mass is 16.6. The van der Waals surface area contributed by atoms with Crippen LogP contribution in [0.25, 0.3) is 0 Å². The minimum absolute atomic E-state index is 0.277. The Kier molecular flexibility index (Phi) is 5.40. The zero-order valence-corrected chi connectivity index (χ0v) is 14.9. The fraction of sp³-hybridized carbons (Fsp3) is 0.611. The van der Waals surface area contributed by atoms with E-state index in [0.29, 0.717) is 37.1 Å². The molecule has 1 aliphatic rings. The highest BCUT2D eigenvalue weighted by Gasteiger charge is 2.35. The van der Waals surface area contributed by atoms with Crippen LogP contribution < -0.4 is 15.8 Å². The second-order valence-corrected chi connectivity index (χ2v) is 7.43. The first kappa shape index (κ1) is 18.5. The molecule has 1 aromatic rings. The van der Waals surface area contributed by atoms with Crippen molar-refractivity contribution in [3.8, 4) is 5.75 Å². The molecule has 0 bridgehead atoms. The topological polar surface area (TPSA) is 93.8 Å². The lowest BCUT2D eigenvalue weighted by atomic mass is 9.76. The van der Waals surface area contributed by atoms with Gasteiger partial charge in [-0.05, 0) is 52.5 Å². The highest BCUT2D eigenvalue weighted by Crippen LogP contribution is 2.40. The number of methoxy groups -OCH3 is 1. The lowest BCUT2D eigenvalue weighted by Gasteiger charge is -2.36. The zero-order valence-electron chi connectivity index (χ0n) is 14.9. The number of nitrogens with two attached hydrogens (primary N) is 1. The molecule has 0 aromatic heterocycles. The summed E-state index contributed by atoms with van der Waals surface area (Å²) < 4.78 is 10.7. The van der Waals surface area contributed by atoms with Gasteiger partial charge in [0.15, 0.2) is 0 Å². The maximum absolute atomic E-state index is 11.9. The van der Waals surface area contributed by atoms with Crippen molar-refractivity contribution in [2.45, 2.75) is 63.7 Å². The molecule has 0 spiro atoms. The second-order valence-electron chi connectivity index (χ2n) is 7.43. The molecule has 1 fully saturated rings. The Bertz CT molecular complexity index is 587. The number of ether oxygens (including phenoxy) is 2. The van der Waals surface area contributed by atoms with Crippen LogP contribution in [0, 0.1) is 0 Å². The van der Waals surface area contributed by atoms with Crippen LogP contribution in [0.1, 0.15) is 52.0 Å². The zero-order chi connectivity index (χ0) is 18.0. The van der Waals surface area contributed by atoms with Gasteiger partial charge in [-0.25, -0.2) is 4.79 Å². The molecule has 0 heterocycles. The van der Waals surface area contributed by atoms with Crippen molar-refractivity contribution in [3.05, 3.63) is 23.8 Å². The summed E-state index contributed by atoms with van der Waals surface area (Å²) in [4.78, 5) is 11.9. The molecular formula is C18H28N2O4. The molecule has 2 rings (SSSR count). The average Bonchev–Trinajstić information content (AvgIpc) is 2.48. The molecule has 1 amide bonds. The Morgan fingerprint density at radius 1 is 1.33 bits per heavy atom. The number of aliphatic hydroxyl groups is 1. The average molecular weight is 336 g/mol. The Balaban J connectivity index is 2.17. The molecule has 6 nitrogen and oxygen atoms in total. The molecule has 0 radical (unpaired) electrons. The van der Waals surface area contributed by atoms with Gasteiger partial charge in [-0.15, -0.1) is 0 Å². The second kappa shape index (κ2) is 6.99. The highest BCUT2D eigenvalue weighted by molar-refractivity contribution is 5.85. The molecule has 1 aromatic carbocycles. The quantitative estimate of drug-likeness (QED) is 0.788. The normalized spacial score (nSPS) is 24.3. The summed E-state index contributed by atoms with van der Waals surface area (Å²) in [6.07, 6.45) is 1.96. The van der Waals surface area contributed by atoms with Gasteiger partial charge in [0, 0.05) is 22.9 Å². The summed E-state index contributed by atoms with van der Waals surface area (Å²) in [5.41, 5.74) is 6.96. The summed E-state index contributed by atoms with van der Waals surface area (Å²) in [6, 6.07) is 5.42. The third-order valence-electron chi connectivity index (χ3n) is 4.23. The summed E-state index contributed by atoms with van der Waals surface area (Å²) in [7, 11) is 1.58. The van der Waals surface area contributed by atoms with Gasteiger partial charge in [-0.2, -0.15) is 0 Å². The third-order valence-corrected chi connectivity index (χ3v) is 4.23. The molecule has 6 heteroatoms. The van der Waals surface area contributed by atoms with Crippen LogP contribution in [0.2, 0.25) is 0 Å². The van der Waals surface area contributed by atoms with Gasteiger partial charge in [0.25, 0.3) is 0 Å². The van der Waals surface area contributed by atoms with E-state index < -0.39 is 17.2 Å². The maximum Gasteiger partial charge on any atom is 0.412 e. The molecular weight excluding hydrogens is 308 g/mol. The summed E-state index contributed by atoms with van der Waals surface area (Å²) >= 11 is 0. The van der Waals surface area contributed by atoms with Crippen molar-refractivity contribution in [2.75, 3.05) is 12.4 Å². The van der Waals surface area contributed by atoms with Crippen LogP contribution in [0.4, 0.5) is 10.5 Å². The standard InChI is InChI=1S/C18H28N2O4/c1-17(2,3)24-16(22)20-12-5-6-14(15(11-12)23-4)18(19)9-7-13(21)8-10-18/h5-6,11,13,21H,7-10,19H2,1-4H3,(H,20,22). The summed E-state index contributed by atoms with van der Waals surface area (Å²) in [5, 5.41) is 12.4. The number of rotatable bonds is 3. The molecule has 134 valence electrons. The van der Waals surface area contributed by atoms with Crippen molar-refractivity contribution < 1.29 is 19.4 Å². The van der Waals surface area contributed by atoms with Gasteiger partial charge in [0.05, 0.1) is 13.2 Å². The Labute approximate surface area is 143 Å². The number of anilines is 1. The first-order valence-electron chi connectivity index (χ1n) is 8.28. The lowest BCUT2D eigenvalue weighted by molar-refractivity contribution is 0.0636. The molecule has 0 saturated heterocycles. The number of aliphatic hydroxyl groups excluding tert-OH is 1. The van der Waals surface area contributed by atoms with E-state index >= 15 is 0 Å². The van der Waals surface area contributed by atoms with Crippen molar-refractivity contribution >= 4 is 11.8 Å². The van der Waals surface area contributed by atoms with Crippen molar-refractivity contribution in [2.24, 2.45) is 5.73 Å². The molecule has 0 unspecified atom stereocenters. The van der Waals surface area contributed by atoms with E-state index in [9.17, 15) is 9.90 Å². The van der Waals surface area contributed by atoms with Crippen molar-refractivity contribution in [3.63, 3.8) is 0 Å². The largest absolute Gasteiger partial charge is 0.496 e. The Hall–Kier alpha value is -1.79. The van der Waals surface area contributed by atoms with E-state index in [0.717, 1.165) is 5.56 Å². The number of nitrogens with one attached hydrogen (secondary N) is 1. The van der Waals surface area contributed by atoms with Gasteiger partial charge < -0.3 is 20.3 Å². The molecule has 1 aliphatic carbocycles. The fourth-order valence-electron chi connectivity index (χ4n) is 2.99. The van der Waals surface area contributed by atoms with Gasteiger partial charge in [0.1, 0.15) is 11.4 Å². The van der Waals surface area contributed by atoms with Gasteiger partial charge >= 0.3 is 6.09 Å². The monoisotopic (exact) mass is 336 g/mol. The predicted octanol–water partition coefficient (Wildman–Crippen LogP) is 3.13. The van der Waals surface area contributed by atoms with E-state index in [2.05, 4.69) is 5.32 Å². The molecule has 0 aliphatic heterocycles.